The van der Waals surface area contributed by atoms with Crippen LogP contribution in [0.4, 0.5) is 11.4 Å². The minimum atomic E-state index is 0.0553. The molecule has 25 heavy (non-hydrogen) atoms. The average Bonchev–Trinajstić information content (AvgIpc) is 2.59. The van der Waals surface area contributed by atoms with Crippen LogP contribution in [-0.2, 0) is 11.2 Å². The highest BCUT2D eigenvalue weighted by molar-refractivity contribution is 5.95. The summed E-state index contributed by atoms with van der Waals surface area (Å²) in [7, 11) is 0. The maximum atomic E-state index is 12.8. The van der Waals surface area contributed by atoms with Gasteiger partial charge in [-0.05, 0) is 55.4 Å². The number of amides is 1. The number of anilines is 2. The van der Waals surface area contributed by atoms with Crippen molar-refractivity contribution < 1.29 is 4.79 Å². The third-order valence-corrected chi connectivity index (χ3v) is 5.17. The Bertz CT molecular complexity index is 766. The lowest BCUT2D eigenvalue weighted by Gasteiger charge is -2.36. The first-order valence-electron chi connectivity index (χ1n) is 9.21. The zero-order valence-electron chi connectivity index (χ0n) is 15.7. The smallest absolute Gasteiger partial charge is 0.243 e. The lowest BCUT2D eigenvalue weighted by molar-refractivity contribution is -0.115. The largest absolute Gasteiger partial charge is 0.359 e. The number of aryl methyl sites for hydroxylation is 2. The van der Waals surface area contributed by atoms with Crippen molar-refractivity contribution >= 4 is 17.3 Å². The Balaban J connectivity index is 1.80. The highest BCUT2D eigenvalue weighted by atomic mass is 16.2. The number of benzene rings is 2. The van der Waals surface area contributed by atoms with E-state index in [0.29, 0.717) is 18.5 Å². The van der Waals surface area contributed by atoms with Gasteiger partial charge in [0.2, 0.25) is 5.91 Å². The number of nitrogens with one attached hydrogen (secondary N) is 1. The molecule has 0 radical (unpaired) electrons. The van der Waals surface area contributed by atoms with E-state index in [9.17, 15) is 4.79 Å². The first-order chi connectivity index (χ1) is 12.0. The van der Waals surface area contributed by atoms with Crippen LogP contribution in [0.15, 0.2) is 42.5 Å². The summed E-state index contributed by atoms with van der Waals surface area (Å²) in [6.45, 7) is 8.97. The maximum absolute atomic E-state index is 12.8. The quantitative estimate of drug-likeness (QED) is 0.861. The molecule has 2 aromatic carbocycles. The normalized spacial score (nSPS) is 16.7. The number of rotatable bonds is 4. The summed E-state index contributed by atoms with van der Waals surface area (Å²) in [6.07, 6.45) is 2.18. The molecule has 2 aromatic rings. The number of para-hydroxylation sites is 2. The third kappa shape index (κ3) is 3.71. The molecule has 0 saturated carbocycles. The molecule has 1 amide bonds. The van der Waals surface area contributed by atoms with Crippen molar-refractivity contribution in [2.24, 2.45) is 0 Å². The van der Waals surface area contributed by atoms with Gasteiger partial charge in [-0.3, -0.25) is 4.79 Å². The molecular formula is C22H28N2O. The van der Waals surface area contributed by atoms with E-state index in [0.717, 1.165) is 24.1 Å². The Labute approximate surface area is 151 Å². The number of carbonyl (C=O) groups is 1. The molecule has 0 fully saturated rings. The van der Waals surface area contributed by atoms with Crippen LogP contribution < -0.4 is 10.2 Å². The molecule has 132 valence electrons. The number of nitrogens with zero attached hydrogens (tertiary/aromatic N) is 1. The molecule has 3 heteroatoms. The summed E-state index contributed by atoms with van der Waals surface area (Å²) in [5.41, 5.74) is 5.82. The number of hydrogen-bond acceptors (Lipinski definition) is 2. The number of carbonyl (C=O) groups excluding carboxylic acids is 1. The van der Waals surface area contributed by atoms with Gasteiger partial charge in [0, 0.05) is 17.4 Å². The van der Waals surface area contributed by atoms with E-state index in [4.69, 9.17) is 0 Å². The minimum absolute atomic E-state index is 0.0553. The first kappa shape index (κ1) is 17.5. The summed E-state index contributed by atoms with van der Waals surface area (Å²) >= 11 is 0. The van der Waals surface area contributed by atoms with E-state index in [1.807, 2.05) is 0 Å². The molecule has 1 aliphatic rings. The predicted octanol–water partition coefficient (Wildman–Crippen LogP) is 4.90. The molecule has 1 atom stereocenters. The minimum Gasteiger partial charge on any atom is -0.359 e. The van der Waals surface area contributed by atoms with Crippen LogP contribution in [0.2, 0.25) is 0 Å². The van der Waals surface area contributed by atoms with E-state index in [-0.39, 0.29) is 5.91 Å². The molecule has 1 N–H and O–H groups in total. The zero-order chi connectivity index (χ0) is 18.0. The van der Waals surface area contributed by atoms with Gasteiger partial charge in [0.15, 0.2) is 0 Å². The van der Waals surface area contributed by atoms with Crippen molar-refractivity contribution in [3.63, 3.8) is 0 Å². The Morgan fingerprint density at radius 3 is 2.72 bits per heavy atom. The van der Waals surface area contributed by atoms with E-state index in [1.165, 1.54) is 16.8 Å². The summed E-state index contributed by atoms with van der Waals surface area (Å²) < 4.78 is 0. The summed E-state index contributed by atoms with van der Waals surface area (Å²) in [6, 6.07) is 15.0. The van der Waals surface area contributed by atoms with Crippen LogP contribution in [0.5, 0.6) is 0 Å². The van der Waals surface area contributed by atoms with Crippen molar-refractivity contribution in [3.8, 4) is 0 Å². The molecule has 1 heterocycles. The van der Waals surface area contributed by atoms with Gasteiger partial charge >= 0.3 is 0 Å². The number of hydrogen-bond donors (Lipinski definition) is 1. The maximum Gasteiger partial charge on any atom is 0.243 e. The van der Waals surface area contributed by atoms with Gasteiger partial charge in [-0.25, -0.2) is 0 Å². The van der Waals surface area contributed by atoms with Crippen LogP contribution in [-0.4, -0.2) is 18.5 Å². The molecule has 1 aliphatic heterocycles. The number of fused-ring (bicyclic) bond motifs is 1. The van der Waals surface area contributed by atoms with Crippen molar-refractivity contribution in [1.29, 1.82) is 0 Å². The van der Waals surface area contributed by atoms with E-state index < -0.39 is 0 Å². The van der Waals surface area contributed by atoms with Gasteiger partial charge in [0.25, 0.3) is 0 Å². The highest BCUT2D eigenvalue weighted by Gasteiger charge is 2.25. The van der Waals surface area contributed by atoms with Gasteiger partial charge in [0.1, 0.15) is 0 Å². The fraction of sp³-hybridized carbons (Fsp3) is 0.409. The molecule has 0 saturated heterocycles. The Hall–Kier alpha value is -2.29. The molecular weight excluding hydrogens is 308 g/mol. The fourth-order valence-corrected chi connectivity index (χ4v) is 3.68. The molecule has 0 aromatic heterocycles. The van der Waals surface area contributed by atoms with Crippen molar-refractivity contribution in [3.05, 3.63) is 59.2 Å². The monoisotopic (exact) mass is 336 g/mol. The first-order valence-corrected chi connectivity index (χ1v) is 9.21. The topological polar surface area (TPSA) is 32.3 Å². The molecule has 0 unspecified atom stereocenters. The van der Waals surface area contributed by atoms with Crippen LogP contribution in [0.1, 0.15) is 49.8 Å². The Kier molecular flexibility index (Phi) is 5.12. The SMILES string of the molecule is Cc1cccc(C(C)C)c1NC(=O)CN1c2ccccc2CC[C@H]1C. The molecule has 0 aliphatic carbocycles. The molecule has 3 rings (SSSR count). The van der Waals surface area contributed by atoms with Crippen LogP contribution >= 0.6 is 0 Å². The second-order valence-corrected chi connectivity index (χ2v) is 7.39. The molecule has 0 bridgehead atoms. The van der Waals surface area contributed by atoms with Gasteiger partial charge in [-0.15, -0.1) is 0 Å². The molecule has 0 spiro atoms. The van der Waals surface area contributed by atoms with Gasteiger partial charge in [-0.1, -0.05) is 50.2 Å². The summed E-state index contributed by atoms with van der Waals surface area (Å²) in [5.74, 6) is 0.435. The summed E-state index contributed by atoms with van der Waals surface area (Å²) in [5, 5.41) is 3.18. The van der Waals surface area contributed by atoms with Crippen molar-refractivity contribution in [2.75, 3.05) is 16.8 Å². The lowest BCUT2D eigenvalue weighted by Crippen LogP contribution is -2.42. The second-order valence-electron chi connectivity index (χ2n) is 7.39. The highest BCUT2D eigenvalue weighted by Crippen LogP contribution is 2.31. The Morgan fingerprint density at radius 1 is 1.20 bits per heavy atom. The predicted molar refractivity (Wildman–Crippen MR) is 105 cm³/mol. The van der Waals surface area contributed by atoms with Crippen LogP contribution in [0.25, 0.3) is 0 Å². The second kappa shape index (κ2) is 7.30. The van der Waals surface area contributed by atoms with Crippen LogP contribution in [0, 0.1) is 6.92 Å². The van der Waals surface area contributed by atoms with Gasteiger partial charge in [-0.2, -0.15) is 0 Å². The average molecular weight is 336 g/mol. The van der Waals surface area contributed by atoms with Crippen LogP contribution in [0.3, 0.4) is 0 Å². The van der Waals surface area contributed by atoms with Crippen molar-refractivity contribution in [2.45, 2.75) is 52.5 Å². The van der Waals surface area contributed by atoms with E-state index >= 15 is 0 Å². The van der Waals surface area contributed by atoms with E-state index in [1.54, 1.807) is 0 Å². The van der Waals surface area contributed by atoms with Crippen molar-refractivity contribution in [1.82, 2.24) is 0 Å². The Morgan fingerprint density at radius 2 is 1.96 bits per heavy atom. The molecule has 3 nitrogen and oxygen atoms in total. The standard InChI is InChI=1S/C22H28N2O/c1-15(2)19-10-7-8-16(3)22(19)23-21(25)14-24-17(4)12-13-18-9-5-6-11-20(18)24/h5-11,15,17H,12-14H2,1-4H3,(H,23,25)/t17-/m1/s1. The lowest BCUT2D eigenvalue weighted by atomic mass is 9.96. The zero-order valence-corrected chi connectivity index (χ0v) is 15.7. The van der Waals surface area contributed by atoms with Gasteiger partial charge < -0.3 is 10.2 Å². The third-order valence-electron chi connectivity index (χ3n) is 5.17. The fourth-order valence-electron chi connectivity index (χ4n) is 3.68. The summed E-state index contributed by atoms with van der Waals surface area (Å²) in [4.78, 5) is 15.0. The van der Waals surface area contributed by atoms with E-state index in [2.05, 4.69) is 80.4 Å². The van der Waals surface area contributed by atoms with Gasteiger partial charge in [0.05, 0.1) is 6.54 Å².